The molecule has 1 aromatic carbocycles. The van der Waals surface area contributed by atoms with Crippen LogP contribution in [-0.4, -0.2) is 17.8 Å². The maximum absolute atomic E-state index is 13.3. The first-order chi connectivity index (χ1) is 7.58. The van der Waals surface area contributed by atoms with Crippen molar-refractivity contribution in [1.82, 2.24) is 0 Å². The molecule has 1 aliphatic rings. The zero-order valence-electron chi connectivity index (χ0n) is 8.42. The minimum Gasteiger partial charge on any atom is -0.393 e. The quantitative estimate of drug-likeness (QED) is 0.807. The summed E-state index contributed by atoms with van der Waals surface area (Å²) in [5.41, 5.74) is 0.413. The minimum absolute atomic E-state index is 0.202. The first kappa shape index (κ1) is 12.0. The van der Waals surface area contributed by atoms with Gasteiger partial charge in [0.05, 0.1) is 16.7 Å². The van der Waals surface area contributed by atoms with E-state index in [1.165, 1.54) is 6.07 Å². The molecule has 1 aliphatic heterocycles. The number of aliphatic hydroxyl groups is 1. The van der Waals surface area contributed by atoms with Crippen LogP contribution in [-0.2, 0) is 4.74 Å². The molecule has 16 heavy (non-hydrogen) atoms. The molecule has 0 saturated carbocycles. The standard InChI is InChI=1S/C11H11BrF2O2/c12-11-8(3-6(13)4-9(11)14)10-5-7(15)1-2-16-10/h3-4,7,10,15H,1-2,5H2. The fourth-order valence-corrected chi connectivity index (χ4v) is 2.29. The van der Waals surface area contributed by atoms with Gasteiger partial charge in [-0.1, -0.05) is 0 Å². The molecular formula is C11H11BrF2O2. The lowest BCUT2D eigenvalue weighted by atomic mass is 9.99. The van der Waals surface area contributed by atoms with E-state index in [1.807, 2.05) is 0 Å². The molecule has 1 fully saturated rings. The van der Waals surface area contributed by atoms with Gasteiger partial charge in [-0.05, 0) is 28.4 Å². The summed E-state index contributed by atoms with van der Waals surface area (Å²) in [6, 6.07) is 2.04. The van der Waals surface area contributed by atoms with Crippen molar-refractivity contribution in [3.8, 4) is 0 Å². The summed E-state index contributed by atoms with van der Waals surface area (Å²) in [6.45, 7) is 0.399. The van der Waals surface area contributed by atoms with E-state index in [4.69, 9.17) is 4.74 Å². The average molecular weight is 293 g/mol. The SMILES string of the molecule is OC1CCOC(c2cc(F)cc(F)c2Br)C1. The second-order valence-electron chi connectivity index (χ2n) is 3.83. The van der Waals surface area contributed by atoms with E-state index in [-0.39, 0.29) is 4.47 Å². The highest BCUT2D eigenvalue weighted by Crippen LogP contribution is 2.34. The van der Waals surface area contributed by atoms with Crippen LogP contribution < -0.4 is 0 Å². The number of aliphatic hydroxyl groups excluding tert-OH is 1. The molecule has 2 unspecified atom stereocenters. The molecule has 2 nitrogen and oxygen atoms in total. The van der Waals surface area contributed by atoms with Crippen molar-refractivity contribution in [1.29, 1.82) is 0 Å². The van der Waals surface area contributed by atoms with Crippen LogP contribution in [0.4, 0.5) is 8.78 Å². The Balaban J connectivity index is 2.32. The van der Waals surface area contributed by atoms with Crippen molar-refractivity contribution in [2.75, 3.05) is 6.61 Å². The Kier molecular flexibility index (Phi) is 3.56. The Bertz CT molecular complexity index is 398. The third-order valence-corrected chi connectivity index (χ3v) is 3.46. The van der Waals surface area contributed by atoms with Crippen molar-refractivity contribution in [2.45, 2.75) is 25.0 Å². The van der Waals surface area contributed by atoms with Gasteiger partial charge in [0.25, 0.3) is 0 Å². The summed E-state index contributed by atoms with van der Waals surface area (Å²) < 4.78 is 32.0. The summed E-state index contributed by atoms with van der Waals surface area (Å²) in [7, 11) is 0. The number of halogens is 3. The summed E-state index contributed by atoms with van der Waals surface area (Å²) in [5, 5.41) is 9.49. The Morgan fingerprint density at radius 1 is 1.38 bits per heavy atom. The molecule has 0 aliphatic carbocycles. The van der Waals surface area contributed by atoms with E-state index in [9.17, 15) is 13.9 Å². The molecule has 1 N–H and O–H groups in total. The van der Waals surface area contributed by atoms with E-state index < -0.39 is 23.8 Å². The van der Waals surface area contributed by atoms with Crippen molar-refractivity contribution >= 4 is 15.9 Å². The van der Waals surface area contributed by atoms with Crippen LogP contribution in [0.2, 0.25) is 0 Å². The fraction of sp³-hybridized carbons (Fsp3) is 0.455. The Labute approximate surface area is 100 Å². The minimum atomic E-state index is -0.654. The number of benzene rings is 1. The molecule has 5 heteroatoms. The van der Waals surface area contributed by atoms with Crippen LogP contribution in [0.25, 0.3) is 0 Å². The van der Waals surface area contributed by atoms with Gasteiger partial charge in [0.15, 0.2) is 0 Å². The van der Waals surface area contributed by atoms with Gasteiger partial charge in [-0.3, -0.25) is 0 Å². The van der Waals surface area contributed by atoms with E-state index in [0.717, 1.165) is 6.07 Å². The number of hydrogen-bond donors (Lipinski definition) is 1. The summed E-state index contributed by atoms with van der Waals surface area (Å²) in [4.78, 5) is 0. The van der Waals surface area contributed by atoms with Gasteiger partial charge in [0.1, 0.15) is 11.6 Å². The van der Waals surface area contributed by atoms with Crippen LogP contribution in [0.1, 0.15) is 24.5 Å². The van der Waals surface area contributed by atoms with Gasteiger partial charge >= 0.3 is 0 Å². The molecule has 0 bridgehead atoms. The van der Waals surface area contributed by atoms with Crippen LogP contribution in [0.15, 0.2) is 16.6 Å². The Morgan fingerprint density at radius 2 is 2.12 bits per heavy atom. The maximum atomic E-state index is 13.3. The topological polar surface area (TPSA) is 29.5 Å². The molecule has 0 radical (unpaired) electrons. The van der Waals surface area contributed by atoms with Crippen LogP contribution in [0.3, 0.4) is 0 Å². The van der Waals surface area contributed by atoms with Gasteiger partial charge in [0.2, 0.25) is 0 Å². The molecular weight excluding hydrogens is 282 g/mol. The molecule has 0 aromatic heterocycles. The molecule has 1 heterocycles. The summed E-state index contributed by atoms with van der Waals surface area (Å²) in [6.07, 6.45) is -0.00626. The fourth-order valence-electron chi connectivity index (χ4n) is 1.81. The largest absolute Gasteiger partial charge is 0.393 e. The monoisotopic (exact) mass is 292 g/mol. The Morgan fingerprint density at radius 3 is 2.81 bits per heavy atom. The first-order valence-electron chi connectivity index (χ1n) is 5.02. The van der Waals surface area contributed by atoms with E-state index in [2.05, 4.69) is 15.9 Å². The highest BCUT2D eigenvalue weighted by Gasteiger charge is 2.25. The predicted octanol–water partition coefficient (Wildman–Crippen LogP) is 2.94. The van der Waals surface area contributed by atoms with Gasteiger partial charge in [-0.15, -0.1) is 0 Å². The molecule has 2 atom stereocenters. The third-order valence-electron chi connectivity index (χ3n) is 2.62. The lowest BCUT2D eigenvalue weighted by molar-refractivity contribution is -0.0453. The second-order valence-corrected chi connectivity index (χ2v) is 4.62. The summed E-state index contributed by atoms with van der Waals surface area (Å²) in [5.74, 6) is -1.29. The van der Waals surface area contributed by atoms with Crippen LogP contribution in [0.5, 0.6) is 0 Å². The van der Waals surface area contributed by atoms with Crippen molar-refractivity contribution < 1.29 is 18.6 Å². The zero-order valence-corrected chi connectivity index (χ0v) is 10.0. The molecule has 1 aromatic rings. The van der Waals surface area contributed by atoms with E-state index in [0.29, 0.717) is 25.0 Å². The molecule has 88 valence electrons. The van der Waals surface area contributed by atoms with Gasteiger partial charge < -0.3 is 9.84 Å². The van der Waals surface area contributed by atoms with Crippen molar-refractivity contribution in [3.05, 3.63) is 33.8 Å². The maximum Gasteiger partial charge on any atom is 0.140 e. The van der Waals surface area contributed by atoms with E-state index >= 15 is 0 Å². The van der Waals surface area contributed by atoms with Crippen LogP contribution in [0, 0.1) is 11.6 Å². The van der Waals surface area contributed by atoms with Gasteiger partial charge in [-0.2, -0.15) is 0 Å². The van der Waals surface area contributed by atoms with Crippen LogP contribution >= 0.6 is 15.9 Å². The number of ether oxygens (including phenoxy) is 1. The molecule has 1 saturated heterocycles. The lowest BCUT2D eigenvalue weighted by Crippen LogP contribution is -2.23. The molecule has 0 amide bonds. The highest BCUT2D eigenvalue weighted by molar-refractivity contribution is 9.10. The lowest BCUT2D eigenvalue weighted by Gasteiger charge is -2.27. The number of rotatable bonds is 1. The average Bonchev–Trinajstić information content (AvgIpc) is 2.23. The summed E-state index contributed by atoms with van der Waals surface area (Å²) >= 11 is 3.07. The number of hydrogen-bond acceptors (Lipinski definition) is 2. The van der Waals surface area contributed by atoms with Gasteiger partial charge in [0, 0.05) is 24.7 Å². The van der Waals surface area contributed by atoms with E-state index in [1.54, 1.807) is 0 Å². The molecule has 2 rings (SSSR count). The predicted molar refractivity (Wildman–Crippen MR) is 58.0 cm³/mol. The Hall–Kier alpha value is -0.520. The third kappa shape index (κ3) is 2.42. The highest BCUT2D eigenvalue weighted by atomic mass is 79.9. The molecule has 0 spiro atoms. The second kappa shape index (κ2) is 4.77. The zero-order chi connectivity index (χ0) is 11.7. The normalized spacial score (nSPS) is 25.8. The van der Waals surface area contributed by atoms with Gasteiger partial charge in [-0.25, -0.2) is 8.78 Å². The smallest absolute Gasteiger partial charge is 0.140 e. The van der Waals surface area contributed by atoms with Crippen molar-refractivity contribution in [2.24, 2.45) is 0 Å². The first-order valence-corrected chi connectivity index (χ1v) is 5.81. The van der Waals surface area contributed by atoms with Crippen molar-refractivity contribution in [3.63, 3.8) is 0 Å².